The first kappa shape index (κ1) is 11.7. The highest BCUT2D eigenvalue weighted by Crippen LogP contribution is 2.23. The van der Waals surface area contributed by atoms with E-state index in [1.165, 1.54) is 14.0 Å². The molecule has 0 spiro atoms. The third kappa shape index (κ3) is 3.06. The van der Waals surface area contributed by atoms with Gasteiger partial charge in [0.25, 0.3) is 0 Å². The van der Waals surface area contributed by atoms with Crippen molar-refractivity contribution in [2.75, 3.05) is 12.4 Å². The van der Waals surface area contributed by atoms with Crippen molar-refractivity contribution in [2.45, 2.75) is 6.92 Å². The normalized spacial score (nSPS) is 9.53. The summed E-state index contributed by atoms with van der Waals surface area (Å²) in [6.45, 7) is 1.42. The second-order valence-electron chi connectivity index (χ2n) is 2.87. The van der Waals surface area contributed by atoms with Gasteiger partial charge in [-0.2, -0.15) is 0 Å². The summed E-state index contributed by atoms with van der Waals surface area (Å²) >= 11 is 3.25. The van der Waals surface area contributed by atoms with Crippen LogP contribution in [0.2, 0.25) is 0 Å². The van der Waals surface area contributed by atoms with Crippen molar-refractivity contribution in [2.24, 2.45) is 0 Å². The summed E-state index contributed by atoms with van der Waals surface area (Å²) in [4.78, 5) is 22.0. The number of halogens is 1. The lowest BCUT2D eigenvalue weighted by molar-refractivity contribution is -0.114. The van der Waals surface area contributed by atoms with Crippen molar-refractivity contribution in [3.05, 3.63) is 28.2 Å². The molecule has 0 atom stereocenters. The number of methoxy groups -OCH3 is 1. The van der Waals surface area contributed by atoms with Crippen molar-refractivity contribution >= 4 is 33.5 Å². The zero-order valence-corrected chi connectivity index (χ0v) is 9.92. The minimum absolute atomic E-state index is 0.165. The molecule has 0 saturated heterocycles. The number of hydrogen-bond acceptors (Lipinski definition) is 3. The van der Waals surface area contributed by atoms with Gasteiger partial charge in [-0.15, -0.1) is 0 Å². The lowest BCUT2D eigenvalue weighted by atomic mass is 10.2. The number of amides is 1. The van der Waals surface area contributed by atoms with Crippen LogP contribution in [0.15, 0.2) is 22.7 Å². The van der Waals surface area contributed by atoms with Crippen LogP contribution < -0.4 is 5.32 Å². The fourth-order valence-corrected chi connectivity index (χ4v) is 1.53. The lowest BCUT2D eigenvalue weighted by Gasteiger charge is -2.06. The predicted octanol–water partition coefficient (Wildman–Crippen LogP) is 2.19. The third-order valence-electron chi connectivity index (χ3n) is 1.70. The summed E-state index contributed by atoms with van der Waals surface area (Å²) in [6, 6.07) is 4.82. The SMILES string of the molecule is COC(=O)c1ccc(NC(C)=O)c(Br)c1. The maximum Gasteiger partial charge on any atom is 0.337 e. The molecule has 0 bridgehead atoms. The molecule has 0 radical (unpaired) electrons. The van der Waals surface area contributed by atoms with Crippen molar-refractivity contribution in [3.63, 3.8) is 0 Å². The molecule has 15 heavy (non-hydrogen) atoms. The Kier molecular flexibility index (Phi) is 3.85. The van der Waals surface area contributed by atoms with Crippen LogP contribution in [0.5, 0.6) is 0 Å². The van der Waals surface area contributed by atoms with Crippen LogP contribution >= 0.6 is 15.9 Å². The van der Waals surface area contributed by atoms with Crippen molar-refractivity contribution in [3.8, 4) is 0 Å². The smallest absolute Gasteiger partial charge is 0.337 e. The van der Waals surface area contributed by atoms with E-state index in [9.17, 15) is 9.59 Å². The highest BCUT2D eigenvalue weighted by atomic mass is 79.9. The molecule has 0 aromatic heterocycles. The number of rotatable bonds is 2. The van der Waals surface area contributed by atoms with Gasteiger partial charge in [-0.3, -0.25) is 4.79 Å². The van der Waals surface area contributed by atoms with Gasteiger partial charge in [-0.05, 0) is 34.1 Å². The summed E-state index contributed by atoms with van der Waals surface area (Å²) in [5.74, 6) is -0.577. The number of anilines is 1. The molecule has 1 N–H and O–H groups in total. The second-order valence-corrected chi connectivity index (χ2v) is 3.72. The first-order chi connectivity index (χ1) is 7.04. The number of benzene rings is 1. The highest BCUT2D eigenvalue weighted by molar-refractivity contribution is 9.10. The average molecular weight is 272 g/mol. The van der Waals surface area contributed by atoms with Gasteiger partial charge in [0.15, 0.2) is 0 Å². The Morgan fingerprint density at radius 1 is 1.40 bits per heavy atom. The van der Waals surface area contributed by atoms with Gasteiger partial charge in [0.2, 0.25) is 5.91 Å². The van der Waals surface area contributed by atoms with Gasteiger partial charge in [0.1, 0.15) is 0 Å². The molecule has 1 aromatic rings. The molecule has 0 heterocycles. The number of carbonyl (C=O) groups excluding carboxylic acids is 2. The van der Waals surface area contributed by atoms with Crippen LogP contribution in [0.1, 0.15) is 17.3 Å². The molecule has 0 fully saturated rings. The minimum Gasteiger partial charge on any atom is -0.465 e. The van der Waals surface area contributed by atoms with E-state index in [-0.39, 0.29) is 5.91 Å². The number of hydrogen-bond donors (Lipinski definition) is 1. The maximum atomic E-state index is 11.2. The Balaban J connectivity index is 2.97. The van der Waals surface area contributed by atoms with Gasteiger partial charge in [0, 0.05) is 11.4 Å². The quantitative estimate of drug-likeness (QED) is 0.839. The molecule has 5 heteroatoms. The molecule has 0 aliphatic carbocycles. The standard InChI is InChI=1S/C10H10BrNO3/c1-6(13)12-9-4-3-7(5-8(9)11)10(14)15-2/h3-5H,1-2H3,(H,12,13). The van der Waals surface area contributed by atoms with Crippen LogP contribution in [0.3, 0.4) is 0 Å². The number of ether oxygens (including phenoxy) is 1. The van der Waals surface area contributed by atoms with E-state index < -0.39 is 5.97 Å². The van der Waals surface area contributed by atoms with E-state index in [4.69, 9.17) is 0 Å². The number of esters is 1. The number of nitrogens with one attached hydrogen (secondary N) is 1. The molecular weight excluding hydrogens is 262 g/mol. The van der Waals surface area contributed by atoms with E-state index in [0.717, 1.165) is 0 Å². The Hall–Kier alpha value is -1.36. The van der Waals surface area contributed by atoms with Crippen LogP contribution in [0.4, 0.5) is 5.69 Å². The fourth-order valence-electron chi connectivity index (χ4n) is 1.05. The molecular formula is C10H10BrNO3. The molecule has 1 amide bonds. The first-order valence-electron chi connectivity index (χ1n) is 4.20. The van der Waals surface area contributed by atoms with Crippen LogP contribution in [0.25, 0.3) is 0 Å². The summed E-state index contributed by atoms with van der Waals surface area (Å²) in [7, 11) is 1.32. The van der Waals surface area contributed by atoms with Crippen LogP contribution in [-0.4, -0.2) is 19.0 Å². The summed E-state index contributed by atoms with van der Waals surface area (Å²) in [6.07, 6.45) is 0. The number of carbonyl (C=O) groups is 2. The summed E-state index contributed by atoms with van der Waals surface area (Å²) < 4.78 is 5.20. The third-order valence-corrected chi connectivity index (χ3v) is 2.36. The topological polar surface area (TPSA) is 55.4 Å². The molecule has 0 saturated carbocycles. The Bertz CT molecular complexity index is 404. The summed E-state index contributed by atoms with van der Waals surface area (Å²) in [5, 5.41) is 2.62. The lowest BCUT2D eigenvalue weighted by Crippen LogP contribution is -2.07. The fraction of sp³-hybridized carbons (Fsp3) is 0.200. The maximum absolute atomic E-state index is 11.2. The molecule has 4 nitrogen and oxygen atoms in total. The Labute approximate surface area is 95.7 Å². The zero-order chi connectivity index (χ0) is 11.4. The predicted molar refractivity (Wildman–Crippen MR) is 59.8 cm³/mol. The van der Waals surface area contributed by atoms with Gasteiger partial charge in [-0.25, -0.2) is 4.79 Å². The van der Waals surface area contributed by atoms with Crippen molar-refractivity contribution in [1.29, 1.82) is 0 Å². The van der Waals surface area contributed by atoms with Gasteiger partial charge in [-0.1, -0.05) is 0 Å². The van der Waals surface area contributed by atoms with Crippen molar-refractivity contribution < 1.29 is 14.3 Å². The molecule has 0 aliphatic heterocycles. The Morgan fingerprint density at radius 3 is 2.53 bits per heavy atom. The summed E-state index contributed by atoms with van der Waals surface area (Å²) in [5.41, 5.74) is 1.05. The molecule has 0 aliphatic rings. The molecule has 1 aromatic carbocycles. The Morgan fingerprint density at radius 2 is 2.07 bits per heavy atom. The van der Waals surface area contributed by atoms with Crippen LogP contribution in [0, 0.1) is 0 Å². The van der Waals surface area contributed by atoms with E-state index in [1.54, 1.807) is 18.2 Å². The van der Waals surface area contributed by atoms with E-state index in [1.807, 2.05) is 0 Å². The average Bonchev–Trinajstić information content (AvgIpc) is 2.19. The largest absolute Gasteiger partial charge is 0.465 e. The van der Waals surface area contributed by atoms with Gasteiger partial charge >= 0.3 is 5.97 Å². The van der Waals surface area contributed by atoms with E-state index in [0.29, 0.717) is 15.7 Å². The molecule has 80 valence electrons. The highest BCUT2D eigenvalue weighted by Gasteiger charge is 2.08. The second kappa shape index (κ2) is 4.93. The van der Waals surface area contributed by atoms with Crippen LogP contribution in [-0.2, 0) is 9.53 Å². The van der Waals surface area contributed by atoms with E-state index in [2.05, 4.69) is 26.0 Å². The molecule has 0 unspecified atom stereocenters. The minimum atomic E-state index is -0.412. The monoisotopic (exact) mass is 271 g/mol. The van der Waals surface area contributed by atoms with Gasteiger partial charge < -0.3 is 10.1 Å². The van der Waals surface area contributed by atoms with Gasteiger partial charge in [0.05, 0.1) is 18.4 Å². The van der Waals surface area contributed by atoms with Crippen molar-refractivity contribution in [1.82, 2.24) is 0 Å². The van der Waals surface area contributed by atoms with E-state index >= 15 is 0 Å². The zero-order valence-electron chi connectivity index (χ0n) is 8.33. The molecule has 1 rings (SSSR count). The first-order valence-corrected chi connectivity index (χ1v) is 4.99.